The summed E-state index contributed by atoms with van der Waals surface area (Å²) < 4.78 is 89.5. The Hall–Kier alpha value is -1.44. The third-order valence-electron chi connectivity index (χ3n) is 5.53. The monoisotopic (exact) mass is 354 g/mol. The summed E-state index contributed by atoms with van der Waals surface area (Å²) in [5.41, 5.74) is -4.62. The molecule has 1 aromatic carbocycles. The number of phenolic OH excluding ortho intramolecular Hbond substituents is 1. The number of aromatic hydroxyl groups is 1. The van der Waals surface area contributed by atoms with Gasteiger partial charge in [-0.1, -0.05) is 6.92 Å². The van der Waals surface area contributed by atoms with Crippen molar-refractivity contribution in [3.8, 4) is 5.75 Å². The summed E-state index contributed by atoms with van der Waals surface area (Å²) in [6, 6.07) is 1.82. The number of hydrogen-bond acceptors (Lipinski definition) is 2. The summed E-state index contributed by atoms with van der Waals surface area (Å²) in [5.74, 6) is -12.6. The van der Waals surface area contributed by atoms with E-state index in [2.05, 4.69) is 0 Å². The minimum absolute atomic E-state index is 0.137. The highest BCUT2D eigenvalue weighted by Gasteiger charge is 2.81. The lowest BCUT2D eigenvalue weighted by Gasteiger charge is -2.59. The van der Waals surface area contributed by atoms with Crippen molar-refractivity contribution in [1.82, 2.24) is 0 Å². The third kappa shape index (κ3) is 2.01. The molecule has 1 aromatic rings. The van der Waals surface area contributed by atoms with Crippen molar-refractivity contribution in [2.75, 3.05) is 0 Å². The topological polar surface area (TPSA) is 29.5 Å². The van der Waals surface area contributed by atoms with Gasteiger partial charge in [-0.05, 0) is 37.8 Å². The number of benzene rings is 1. The van der Waals surface area contributed by atoms with Crippen molar-refractivity contribution in [2.24, 2.45) is 5.41 Å². The lowest BCUT2D eigenvalue weighted by molar-refractivity contribution is -0.389. The fourth-order valence-electron chi connectivity index (χ4n) is 3.64. The SMILES string of the molecule is CC12CCC(OCc3ccc(O)c(F)c3F)(CC1)C(F)(F)C2(F)F. The Morgan fingerprint density at radius 3 is 2.12 bits per heavy atom. The van der Waals surface area contributed by atoms with E-state index in [0.29, 0.717) is 0 Å². The second kappa shape index (κ2) is 5.03. The van der Waals surface area contributed by atoms with E-state index in [1.807, 2.05) is 0 Å². The molecule has 3 aliphatic carbocycles. The zero-order chi connectivity index (χ0) is 18.0. The average molecular weight is 354 g/mol. The summed E-state index contributed by atoms with van der Waals surface area (Å²) in [5, 5.41) is 9.05. The highest BCUT2D eigenvalue weighted by atomic mass is 19.3. The number of ether oxygens (including phenoxy) is 1. The molecule has 0 atom stereocenters. The van der Waals surface area contributed by atoms with Crippen molar-refractivity contribution in [2.45, 2.75) is 56.7 Å². The normalized spacial score (nSPS) is 33.6. The molecule has 1 N–H and O–H groups in total. The van der Waals surface area contributed by atoms with Crippen LogP contribution in [0.15, 0.2) is 12.1 Å². The van der Waals surface area contributed by atoms with Gasteiger partial charge in [0.1, 0.15) is 5.60 Å². The van der Waals surface area contributed by atoms with Crippen molar-refractivity contribution in [1.29, 1.82) is 0 Å². The zero-order valence-corrected chi connectivity index (χ0v) is 12.8. The molecule has 2 nitrogen and oxygen atoms in total. The van der Waals surface area contributed by atoms with E-state index in [1.165, 1.54) is 0 Å². The maximum atomic E-state index is 14.4. The van der Waals surface area contributed by atoms with Crippen LogP contribution in [0.4, 0.5) is 26.3 Å². The van der Waals surface area contributed by atoms with Crippen LogP contribution in [0.5, 0.6) is 5.75 Å². The second-order valence-electron chi connectivity index (χ2n) is 6.86. The van der Waals surface area contributed by atoms with Crippen LogP contribution in [0.3, 0.4) is 0 Å². The third-order valence-corrected chi connectivity index (χ3v) is 5.53. The van der Waals surface area contributed by atoms with E-state index in [-0.39, 0.29) is 25.7 Å². The van der Waals surface area contributed by atoms with E-state index in [0.717, 1.165) is 19.1 Å². The highest BCUT2D eigenvalue weighted by Crippen LogP contribution is 2.67. The quantitative estimate of drug-likeness (QED) is 0.791. The molecule has 0 spiro atoms. The van der Waals surface area contributed by atoms with Crippen molar-refractivity contribution >= 4 is 0 Å². The maximum Gasteiger partial charge on any atom is 0.338 e. The number of hydrogen-bond donors (Lipinski definition) is 1. The van der Waals surface area contributed by atoms with Crippen LogP contribution in [0.1, 0.15) is 38.2 Å². The van der Waals surface area contributed by atoms with E-state index in [1.54, 1.807) is 0 Å². The molecule has 4 rings (SSSR count). The number of fused-ring (bicyclic) bond motifs is 3. The molecule has 24 heavy (non-hydrogen) atoms. The molecule has 0 saturated heterocycles. The lowest BCUT2D eigenvalue weighted by atomic mass is 9.55. The van der Waals surface area contributed by atoms with Crippen LogP contribution < -0.4 is 0 Å². The first-order chi connectivity index (χ1) is 11.0. The van der Waals surface area contributed by atoms with Gasteiger partial charge in [-0.2, -0.15) is 22.0 Å². The summed E-state index contributed by atoms with van der Waals surface area (Å²) in [4.78, 5) is 0. The van der Waals surface area contributed by atoms with Crippen LogP contribution >= 0.6 is 0 Å². The first-order valence-corrected chi connectivity index (χ1v) is 7.53. The zero-order valence-electron chi connectivity index (χ0n) is 12.8. The molecule has 8 heteroatoms. The molecular weight excluding hydrogens is 338 g/mol. The van der Waals surface area contributed by atoms with Gasteiger partial charge in [-0.25, -0.2) is 4.39 Å². The number of alkyl halides is 4. The molecule has 0 amide bonds. The molecule has 3 saturated carbocycles. The first-order valence-electron chi connectivity index (χ1n) is 7.53. The van der Waals surface area contributed by atoms with Gasteiger partial charge < -0.3 is 9.84 Å². The van der Waals surface area contributed by atoms with Gasteiger partial charge in [0.05, 0.1) is 6.61 Å². The minimum atomic E-state index is -4.41. The number of rotatable bonds is 3. The smallest absolute Gasteiger partial charge is 0.338 e. The Morgan fingerprint density at radius 2 is 1.54 bits per heavy atom. The molecule has 134 valence electrons. The van der Waals surface area contributed by atoms with Gasteiger partial charge in [-0.3, -0.25) is 0 Å². The molecule has 0 heterocycles. The average Bonchev–Trinajstić information content (AvgIpc) is 2.52. The van der Waals surface area contributed by atoms with E-state index >= 15 is 0 Å². The van der Waals surface area contributed by atoms with E-state index < -0.39 is 52.4 Å². The summed E-state index contributed by atoms with van der Waals surface area (Å²) in [6.07, 6.45) is -0.841. The standard InChI is InChI=1S/C16H16F6O2/c1-13-4-6-14(7-5-13,16(21,22)15(13,19)20)24-8-9-2-3-10(23)12(18)11(9)17/h2-3,23H,4-8H2,1H3. The van der Waals surface area contributed by atoms with Gasteiger partial charge in [0.25, 0.3) is 0 Å². The van der Waals surface area contributed by atoms with Crippen molar-refractivity contribution in [3.63, 3.8) is 0 Å². The van der Waals surface area contributed by atoms with Gasteiger partial charge >= 0.3 is 11.8 Å². The Labute approximate surface area is 134 Å². The Morgan fingerprint density at radius 1 is 0.958 bits per heavy atom. The fraction of sp³-hybridized carbons (Fsp3) is 0.625. The van der Waals surface area contributed by atoms with Crippen molar-refractivity contribution < 1.29 is 36.2 Å². The van der Waals surface area contributed by atoms with E-state index in [4.69, 9.17) is 9.84 Å². The number of phenols is 1. The van der Waals surface area contributed by atoms with Gasteiger partial charge in [0.2, 0.25) is 5.82 Å². The Bertz CT molecular complexity index is 665. The second-order valence-corrected chi connectivity index (χ2v) is 6.86. The maximum absolute atomic E-state index is 14.4. The molecular formula is C16H16F6O2. The highest BCUT2D eigenvalue weighted by molar-refractivity contribution is 5.29. The van der Waals surface area contributed by atoms with Crippen LogP contribution in [0.2, 0.25) is 0 Å². The van der Waals surface area contributed by atoms with E-state index in [9.17, 15) is 26.3 Å². The van der Waals surface area contributed by atoms with Crippen LogP contribution in [0.25, 0.3) is 0 Å². The molecule has 0 aromatic heterocycles. The summed E-state index contributed by atoms with van der Waals surface area (Å²) in [7, 11) is 0. The molecule has 0 radical (unpaired) electrons. The lowest BCUT2D eigenvalue weighted by Crippen LogP contribution is -2.72. The molecule has 2 bridgehead atoms. The first kappa shape index (κ1) is 17.4. The number of halogens is 6. The van der Waals surface area contributed by atoms with Crippen molar-refractivity contribution in [3.05, 3.63) is 29.3 Å². The predicted molar refractivity (Wildman–Crippen MR) is 72.0 cm³/mol. The Balaban J connectivity index is 1.89. The van der Waals surface area contributed by atoms with Gasteiger partial charge in [0.15, 0.2) is 11.6 Å². The van der Waals surface area contributed by atoms with Gasteiger partial charge in [0, 0.05) is 11.0 Å². The predicted octanol–water partition coefficient (Wildman–Crippen LogP) is 4.79. The molecule has 0 aliphatic heterocycles. The largest absolute Gasteiger partial charge is 0.505 e. The molecule has 3 aliphatic rings. The molecule has 0 unspecified atom stereocenters. The van der Waals surface area contributed by atoms with Crippen LogP contribution in [-0.4, -0.2) is 22.6 Å². The molecule has 3 fully saturated rings. The van der Waals surface area contributed by atoms with Gasteiger partial charge in [-0.15, -0.1) is 0 Å². The van der Waals surface area contributed by atoms with Crippen LogP contribution in [0, 0.1) is 17.0 Å². The summed E-state index contributed by atoms with van der Waals surface area (Å²) >= 11 is 0. The Kier molecular flexibility index (Phi) is 3.64. The minimum Gasteiger partial charge on any atom is -0.505 e. The fourth-order valence-corrected chi connectivity index (χ4v) is 3.64. The summed E-state index contributed by atoms with van der Waals surface area (Å²) in [6.45, 7) is 0.352. The van der Waals surface area contributed by atoms with Crippen LogP contribution in [-0.2, 0) is 11.3 Å².